The second-order valence-electron chi connectivity index (χ2n) is 9.29. The van der Waals surface area contributed by atoms with Gasteiger partial charge in [-0.25, -0.2) is 0 Å². The molecule has 4 aromatic carbocycles. The van der Waals surface area contributed by atoms with E-state index < -0.39 is 0 Å². The van der Waals surface area contributed by atoms with Gasteiger partial charge in [0.25, 0.3) is 0 Å². The summed E-state index contributed by atoms with van der Waals surface area (Å²) in [6, 6.07) is 32.1. The number of aromatic nitrogens is 1. The molecule has 39 heavy (non-hydrogen) atoms. The van der Waals surface area contributed by atoms with Crippen LogP contribution in [0.5, 0.6) is 23.0 Å². The van der Waals surface area contributed by atoms with E-state index >= 15 is 0 Å². The molecule has 0 saturated carbocycles. The van der Waals surface area contributed by atoms with Crippen molar-refractivity contribution in [2.24, 2.45) is 0 Å². The number of nitrogens with zero attached hydrogens (tertiary/aromatic N) is 1. The third-order valence-corrected chi connectivity index (χ3v) is 6.57. The van der Waals surface area contributed by atoms with E-state index in [2.05, 4.69) is 42.5 Å². The average Bonchev–Trinajstić information content (AvgIpc) is 2.92. The van der Waals surface area contributed by atoms with Crippen molar-refractivity contribution in [3.05, 3.63) is 109 Å². The van der Waals surface area contributed by atoms with Gasteiger partial charge in [0.15, 0.2) is 5.78 Å². The number of benzene rings is 4. The number of carbonyl (C=O) groups is 1. The van der Waals surface area contributed by atoms with Crippen LogP contribution in [0, 0.1) is 6.07 Å². The summed E-state index contributed by atoms with van der Waals surface area (Å²) < 4.78 is 12.7. The van der Waals surface area contributed by atoms with Gasteiger partial charge in [0.2, 0.25) is 6.71 Å². The molecule has 1 radical (unpaired) electrons. The van der Waals surface area contributed by atoms with E-state index in [1.54, 1.807) is 0 Å². The van der Waals surface area contributed by atoms with E-state index in [9.17, 15) is 4.79 Å². The van der Waals surface area contributed by atoms with Crippen LogP contribution in [0.1, 0.15) is 13.8 Å². The summed E-state index contributed by atoms with van der Waals surface area (Å²) in [6.45, 7) is 2.90. The number of hydrogen-bond donors (Lipinski definition) is 1. The van der Waals surface area contributed by atoms with Gasteiger partial charge in [-0.2, -0.15) is 0 Å². The minimum atomic E-state index is -0.125. The van der Waals surface area contributed by atoms with E-state index in [0.717, 1.165) is 61.4 Å². The van der Waals surface area contributed by atoms with Crippen LogP contribution in [0.3, 0.4) is 0 Å². The monoisotopic (exact) mass is 689 g/mol. The summed E-state index contributed by atoms with van der Waals surface area (Å²) in [5.74, 6) is 3.32. The van der Waals surface area contributed by atoms with E-state index in [1.165, 1.54) is 19.9 Å². The molecular formula is C32H23BIrNO4-. The van der Waals surface area contributed by atoms with Crippen LogP contribution in [0.15, 0.2) is 103 Å². The number of para-hydroxylation sites is 1. The second-order valence-corrected chi connectivity index (χ2v) is 9.29. The molecule has 0 bridgehead atoms. The van der Waals surface area contributed by atoms with Crippen molar-refractivity contribution >= 4 is 39.7 Å². The summed E-state index contributed by atoms with van der Waals surface area (Å²) in [4.78, 5) is 14.7. The summed E-state index contributed by atoms with van der Waals surface area (Å²) in [5.41, 5.74) is 5.08. The Kier molecular flexibility index (Phi) is 7.38. The zero-order chi connectivity index (χ0) is 26.2. The summed E-state index contributed by atoms with van der Waals surface area (Å²) in [7, 11) is 0. The Labute approximate surface area is 240 Å². The molecule has 0 atom stereocenters. The van der Waals surface area contributed by atoms with Gasteiger partial charge in [-0.3, -0.25) is 4.79 Å². The first kappa shape index (κ1) is 26.4. The van der Waals surface area contributed by atoms with Gasteiger partial charge >= 0.3 is 0 Å². The van der Waals surface area contributed by atoms with Crippen molar-refractivity contribution in [2.75, 3.05) is 0 Å². The van der Waals surface area contributed by atoms with Crippen LogP contribution in [0.25, 0.3) is 22.0 Å². The molecule has 1 N–H and O–H groups in total. The van der Waals surface area contributed by atoms with Gasteiger partial charge in [0.1, 0.15) is 17.2 Å². The molecule has 0 unspecified atom stereocenters. The Morgan fingerprint density at radius 2 is 1.56 bits per heavy atom. The number of aliphatic hydroxyl groups excluding tert-OH is 1. The molecule has 5 nitrogen and oxygen atoms in total. The molecule has 2 aliphatic heterocycles. The topological polar surface area (TPSA) is 68.7 Å². The van der Waals surface area contributed by atoms with Gasteiger partial charge in [0, 0.05) is 43.6 Å². The number of pyridine rings is 1. The van der Waals surface area contributed by atoms with Crippen molar-refractivity contribution in [3.63, 3.8) is 0 Å². The van der Waals surface area contributed by atoms with Gasteiger partial charge in [-0.1, -0.05) is 60.2 Å². The van der Waals surface area contributed by atoms with Crippen molar-refractivity contribution in [1.29, 1.82) is 0 Å². The maximum absolute atomic E-state index is 10.0. The zero-order valence-corrected chi connectivity index (χ0v) is 23.7. The predicted molar refractivity (Wildman–Crippen MR) is 151 cm³/mol. The van der Waals surface area contributed by atoms with E-state index in [1.807, 2.05) is 54.7 Å². The van der Waals surface area contributed by atoms with Crippen LogP contribution >= 0.6 is 0 Å². The van der Waals surface area contributed by atoms with Crippen molar-refractivity contribution in [2.45, 2.75) is 13.8 Å². The van der Waals surface area contributed by atoms with Crippen LogP contribution in [-0.2, 0) is 24.9 Å². The molecule has 3 heterocycles. The van der Waals surface area contributed by atoms with Crippen LogP contribution < -0.4 is 25.9 Å². The molecule has 2 aliphatic rings. The van der Waals surface area contributed by atoms with Gasteiger partial charge in [0.05, 0.1) is 5.76 Å². The third-order valence-electron chi connectivity index (χ3n) is 6.57. The summed E-state index contributed by atoms with van der Waals surface area (Å²) in [6.07, 6.45) is 3.08. The number of aliphatic hydroxyl groups is 1. The Morgan fingerprint density at radius 1 is 0.872 bits per heavy atom. The zero-order valence-electron chi connectivity index (χ0n) is 21.3. The van der Waals surface area contributed by atoms with Gasteiger partial charge < -0.3 is 19.6 Å². The SMILES string of the molecule is CC(=O)/C=C(/C)O.[Ir].[c-]1ccc2c(c1-c1cc3ccccc3cn1)Oc1cccc3c1B2c1ccccc1O3. The number of ether oxygens (including phenoxy) is 2. The normalized spacial score (nSPS) is 12.4. The molecule has 0 fully saturated rings. The molecule has 7 heteroatoms. The van der Waals surface area contributed by atoms with Crippen molar-refractivity contribution in [3.8, 4) is 34.3 Å². The first-order chi connectivity index (χ1) is 18.5. The average molecular weight is 689 g/mol. The number of fused-ring (bicyclic) bond motifs is 5. The Morgan fingerprint density at radius 3 is 2.31 bits per heavy atom. The number of hydrogen-bond acceptors (Lipinski definition) is 5. The number of allylic oxidation sites excluding steroid dienone is 2. The Balaban J connectivity index is 0.000000345. The van der Waals surface area contributed by atoms with E-state index in [-0.39, 0.29) is 38.4 Å². The molecule has 7 rings (SSSR count). The summed E-state index contributed by atoms with van der Waals surface area (Å²) in [5, 5.41) is 10.6. The van der Waals surface area contributed by atoms with Crippen LogP contribution in [0.4, 0.5) is 0 Å². The molecule has 1 aromatic heterocycles. The molecular weight excluding hydrogens is 665 g/mol. The fourth-order valence-electron chi connectivity index (χ4n) is 5.05. The predicted octanol–water partition coefficient (Wildman–Crippen LogP) is 5.46. The number of carbonyl (C=O) groups excluding carboxylic acids is 1. The molecule has 0 amide bonds. The third kappa shape index (κ3) is 4.99. The Hall–Kier alpha value is -4.19. The van der Waals surface area contributed by atoms with Crippen molar-refractivity contribution < 1.29 is 39.5 Å². The fraction of sp³-hybridized carbons (Fsp3) is 0.0625. The fourth-order valence-corrected chi connectivity index (χ4v) is 5.05. The molecule has 0 spiro atoms. The molecule has 0 saturated heterocycles. The molecule has 193 valence electrons. The summed E-state index contributed by atoms with van der Waals surface area (Å²) >= 11 is 0. The number of rotatable bonds is 2. The number of ketones is 1. The first-order valence-corrected chi connectivity index (χ1v) is 12.3. The quantitative estimate of drug-likeness (QED) is 0.113. The minimum absolute atomic E-state index is 0. The largest absolute Gasteiger partial charge is 0.512 e. The van der Waals surface area contributed by atoms with E-state index in [4.69, 9.17) is 19.6 Å². The smallest absolute Gasteiger partial charge is 0.241 e. The maximum atomic E-state index is 10.0. The van der Waals surface area contributed by atoms with Crippen LogP contribution in [-0.4, -0.2) is 22.6 Å². The van der Waals surface area contributed by atoms with Gasteiger partial charge in [-0.15, -0.1) is 23.7 Å². The Bertz CT molecular complexity index is 1750. The van der Waals surface area contributed by atoms with Crippen LogP contribution in [0.2, 0.25) is 0 Å². The standard InChI is InChI=1S/C27H15BNO2.C5H8O2.Ir/c1-2-8-18-16-29-22(15-17(18)7-1)19-9-5-11-21-27(19)31-25-14-6-13-24-26(25)28(21)20-10-3-4-12-23(20)30-24;1-4(6)3-5(2)7;/h1-8,10-16H;3,6H,1-2H3;/q-1;;/b;4-3-;. The molecule has 5 aromatic rings. The van der Waals surface area contributed by atoms with Crippen molar-refractivity contribution in [1.82, 2.24) is 4.98 Å². The minimum Gasteiger partial charge on any atom is -0.512 e. The first-order valence-electron chi connectivity index (χ1n) is 12.3. The maximum Gasteiger partial charge on any atom is 0.241 e. The second kappa shape index (κ2) is 10.9. The van der Waals surface area contributed by atoms with Gasteiger partial charge in [-0.05, 0) is 54.0 Å². The molecule has 0 aliphatic carbocycles. The van der Waals surface area contributed by atoms with E-state index in [0.29, 0.717) is 0 Å².